The van der Waals surface area contributed by atoms with Gasteiger partial charge in [0, 0.05) is 13.3 Å². The van der Waals surface area contributed by atoms with Crippen LogP contribution in [-0.4, -0.2) is 44.9 Å². The summed E-state index contributed by atoms with van der Waals surface area (Å²) in [6, 6.07) is 0. The van der Waals surface area contributed by atoms with Crippen molar-refractivity contribution in [3.05, 3.63) is 12.3 Å². The van der Waals surface area contributed by atoms with E-state index in [1.54, 1.807) is 6.92 Å². The van der Waals surface area contributed by atoms with Gasteiger partial charge >= 0.3 is 5.97 Å². The molecule has 0 aromatic heterocycles. The Kier molecular flexibility index (Phi) is 2.68. The molecular formula is C11H16O6. The van der Waals surface area contributed by atoms with Crippen molar-refractivity contribution in [3.63, 3.8) is 0 Å². The van der Waals surface area contributed by atoms with Gasteiger partial charge in [0.15, 0.2) is 0 Å². The quantitative estimate of drug-likeness (QED) is 0.527. The molecule has 5 unspecified atom stereocenters. The Morgan fingerprint density at radius 3 is 2.76 bits per heavy atom. The summed E-state index contributed by atoms with van der Waals surface area (Å²) >= 11 is 0. The number of aliphatic hydroxyl groups is 3. The highest BCUT2D eigenvalue weighted by molar-refractivity contribution is 5.66. The van der Waals surface area contributed by atoms with Gasteiger partial charge in [0.2, 0.25) is 6.29 Å². The summed E-state index contributed by atoms with van der Waals surface area (Å²) in [7, 11) is 0. The van der Waals surface area contributed by atoms with Crippen LogP contribution in [0.2, 0.25) is 0 Å². The number of ether oxygens (including phenoxy) is 2. The highest BCUT2D eigenvalue weighted by Crippen LogP contribution is 2.49. The minimum atomic E-state index is -1.64. The Hall–Kier alpha value is -1.11. The zero-order valence-corrected chi connectivity index (χ0v) is 9.66. The molecule has 0 aromatic carbocycles. The van der Waals surface area contributed by atoms with Crippen molar-refractivity contribution in [2.24, 2.45) is 5.92 Å². The van der Waals surface area contributed by atoms with Gasteiger partial charge in [0.1, 0.15) is 11.2 Å². The minimum Gasteiger partial charge on any atom is -0.472 e. The maximum Gasteiger partial charge on any atom is 0.303 e. The van der Waals surface area contributed by atoms with Crippen molar-refractivity contribution in [3.8, 4) is 0 Å². The number of hydrogen-bond acceptors (Lipinski definition) is 6. The smallest absolute Gasteiger partial charge is 0.303 e. The van der Waals surface area contributed by atoms with E-state index in [0.717, 1.165) is 6.26 Å². The predicted molar refractivity (Wildman–Crippen MR) is 55.5 cm³/mol. The van der Waals surface area contributed by atoms with Crippen LogP contribution >= 0.6 is 0 Å². The van der Waals surface area contributed by atoms with Crippen LogP contribution in [-0.2, 0) is 14.3 Å². The molecule has 1 aliphatic heterocycles. The van der Waals surface area contributed by atoms with Crippen molar-refractivity contribution < 1.29 is 29.6 Å². The second-order valence-electron chi connectivity index (χ2n) is 4.82. The molecule has 3 N–H and O–H groups in total. The second-order valence-corrected chi connectivity index (χ2v) is 4.82. The summed E-state index contributed by atoms with van der Waals surface area (Å²) in [5, 5.41) is 30.0. The Bertz CT molecular complexity index is 367. The number of esters is 1. The van der Waals surface area contributed by atoms with Gasteiger partial charge in [-0.2, -0.15) is 0 Å². The van der Waals surface area contributed by atoms with Crippen LogP contribution in [0.1, 0.15) is 20.3 Å². The van der Waals surface area contributed by atoms with Crippen LogP contribution < -0.4 is 0 Å². The average molecular weight is 244 g/mol. The van der Waals surface area contributed by atoms with E-state index in [1.165, 1.54) is 13.0 Å². The molecule has 5 atom stereocenters. The standard InChI is InChI=1S/C11H16O6/c1-6(12)17-10(2)5-7(13)11(15)3-4-16-9(14)8(10)11/h3-4,7-9,13-15H,5H2,1-2H3. The number of rotatable bonds is 1. The maximum atomic E-state index is 11.1. The topological polar surface area (TPSA) is 96.2 Å². The van der Waals surface area contributed by atoms with Crippen molar-refractivity contribution >= 4 is 5.97 Å². The van der Waals surface area contributed by atoms with E-state index >= 15 is 0 Å². The van der Waals surface area contributed by atoms with Gasteiger partial charge < -0.3 is 24.8 Å². The molecule has 6 nitrogen and oxygen atoms in total. The molecule has 17 heavy (non-hydrogen) atoms. The minimum absolute atomic E-state index is 0.0402. The Morgan fingerprint density at radius 1 is 1.53 bits per heavy atom. The number of aliphatic hydroxyl groups excluding tert-OH is 2. The number of carbonyl (C=O) groups excluding carboxylic acids is 1. The third-order valence-electron chi connectivity index (χ3n) is 3.50. The molecule has 0 spiro atoms. The average Bonchev–Trinajstić information content (AvgIpc) is 2.33. The summed E-state index contributed by atoms with van der Waals surface area (Å²) in [5.41, 5.74) is -2.80. The zero-order valence-electron chi connectivity index (χ0n) is 9.66. The molecule has 0 saturated heterocycles. The molecule has 0 radical (unpaired) electrons. The van der Waals surface area contributed by atoms with E-state index in [9.17, 15) is 20.1 Å². The fraction of sp³-hybridized carbons (Fsp3) is 0.727. The largest absolute Gasteiger partial charge is 0.472 e. The van der Waals surface area contributed by atoms with Crippen molar-refractivity contribution in [2.45, 2.75) is 43.9 Å². The van der Waals surface area contributed by atoms with E-state index in [4.69, 9.17) is 9.47 Å². The molecule has 6 heteroatoms. The molecule has 0 bridgehead atoms. The highest BCUT2D eigenvalue weighted by atomic mass is 16.6. The van der Waals surface area contributed by atoms with E-state index in [2.05, 4.69) is 0 Å². The van der Waals surface area contributed by atoms with Crippen LogP contribution in [0, 0.1) is 5.92 Å². The lowest BCUT2D eigenvalue weighted by Gasteiger charge is -2.40. The molecule has 1 fully saturated rings. The molecule has 1 heterocycles. The lowest BCUT2D eigenvalue weighted by Crippen LogP contribution is -2.54. The molecule has 0 amide bonds. The summed E-state index contributed by atoms with van der Waals surface area (Å²) < 4.78 is 10.0. The second kappa shape index (κ2) is 3.69. The zero-order chi connectivity index (χ0) is 12.8. The van der Waals surface area contributed by atoms with E-state index in [-0.39, 0.29) is 6.42 Å². The summed E-state index contributed by atoms with van der Waals surface area (Å²) in [6.07, 6.45) is 0.0183. The van der Waals surface area contributed by atoms with Crippen LogP contribution in [0.25, 0.3) is 0 Å². The third-order valence-corrected chi connectivity index (χ3v) is 3.50. The molecule has 1 saturated carbocycles. The normalized spacial score (nSPS) is 48.4. The number of carbonyl (C=O) groups is 1. The molecule has 96 valence electrons. The van der Waals surface area contributed by atoms with Gasteiger partial charge in [-0.3, -0.25) is 4.79 Å². The van der Waals surface area contributed by atoms with Gasteiger partial charge in [-0.1, -0.05) is 0 Å². The first-order valence-corrected chi connectivity index (χ1v) is 5.41. The lowest BCUT2D eigenvalue weighted by atomic mass is 9.81. The molecule has 1 aliphatic carbocycles. The fourth-order valence-corrected chi connectivity index (χ4v) is 2.86. The molecule has 0 aromatic rings. The van der Waals surface area contributed by atoms with Crippen molar-refractivity contribution in [1.82, 2.24) is 0 Å². The van der Waals surface area contributed by atoms with Crippen LogP contribution in [0.5, 0.6) is 0 Å². The van der Waals surface area contributed by atoms with Crippen molar-refractivity contribution in [1.29, 1.82) is 0 Å². The Labute approximate surface area is 98.5 Å². The first-order valence-electron chi connectivity index (χ1n) is 5.41. The lowest BCUT2D eigenvalue weighted by molar-refractivity contribution is -0.212. The fourth-order valence-electron chi connectivity index (χ4n) is 2.86. The molecule has 2 rings (SSSR count). The first kappa shape index (κ1) is 12.3. The maximum absolute atomic E-state index is 11.1. The van der Waals surface area contributed by atoms with Crippen molar-refractivity contribution in [2.75, 3.05) is 0 Å². The predicted octanol–water partition coefficient (Wildman–Crippen LogP) is -0.718. The van der Waals surface area contributed by atoms with Gasteiger partial charge in [-0.25, -0.2) is 0 Å². The number of fused-ring (bicyclic) bond motifs is 1. The third kappa shape index (κ3) is 1.72. The monoisotopic (exact) mass is 244 g/mol. The summed E-state index contributed by atoms with van der Waals surface area (Å²) in [6.45, 7) is 2.80. The summed E-state index contributed by atoms with van der Waals surface area (Å²) in [5.74, 6) is -1.45. The van der Waals surface area contributed by atoms with Crippen LogP contribution in [0.3, 0.4) is 0 Å². The highest BCUT2D eigenvalue weighted by Gasteiger charge is 2.65. The van der Waals surface area contributed by atoms with Crippen LogP contribution in [0.15, 0.2) is 12.3 Å². The number of hydrogen-bond donors (Lipinski definition) is 3. The SMILES string of the molecule is CC(=O)OC1(C)CC(O)C2(O)C=COC(O)C12. The van der Waals surface area contributed by atoms with E-state index in [1.807, 2.05) is 0 Å². The van der Waals surface area contributed by atoms with Gasteiger partial charge in [-0.05, 0) is 13.0 Å². The molecule has 2 aliphatic rings. The Balaban J connectivity index is 2.39. The van der Waals surface area contributed by atoms with E-state index < -0.39 is 35.5 Å². The van der Waals surface area contributed by atoms with Gasteiger partial charge in [0.05, 0.1) is 18.3 Å². The first-order chi connectivity index (χ1) is 7.79. The van der Waals surface area contributed by atoms with Crippen LogP contribution in [0.4, 0.5) is 0 Å². The Morgan fingerprint density at radius 2 is 2.18 bits per heavy atom. The van der Waals surface area contributed by atoms with Gasteiger partial charge in [-0.15, -0.1) is 0 Å². The van der Waals surface area contributed by atoms with Gasteiger partial charge in [0.25, 0.3) is 0 Å². The molecular weight excluding hydrogens is 228 g/mol. The van der Waals surface area contributed by atoms with E-state index in [0.29, 0.717) is 0 Å². The summed E-state index contributed by atoms with van der Waals surface area (Å²) in [4.78, 5) is 11.1.